The van der Waals surface area contributed by atoms with Gasteiger partial charge in [0.05, 0.1) is 30.0 Å². The summed E-state index contributed by atoms with van der Waals surface area (Å²) in [5, 5.41) is 9.12. The van der Waals surface area contributed by atoms with Crippen LogP contribution in [-0.4, -0.2) is 64.4 Å². The van der Waals surface area contributed by atoms with Crippen LogP contribution in [0, 0.1) is 0 Å². The van der Waals surface area contributed by atoms with Gasteiger partial charge in [0.1, 0.15) is 12.5 Å². The highest BCUT2D eigenvalue weighted by atomic mass is 32.2. The molecule has 214 valence electrons. The lowest BCUT2D eigenvalue weighted by molar-refractivity contribution is -0.0110. The van der Waals surface area contributed by atoms with Crippen LogP contribution in [-0.2, 0) is 27.8 Å². The number of unbranched alkanes of at least 4 members (excludes halogenated alkanes) is 1. The molecule has 1 fully saturated rings. The summed E-state index contributed by atoms with van der Waals surface area (Å²) < 4.78 is 40.0. The van der Waals surface area contributed by atoms with Gasteiger partial charge in [0.2, 0.25) is 0 Å². The van der Waals surface area contributed by atoms with Crippen LogP contribution >= 0.6 is 0 Å². The number of amides is 1. The summed E-state index contributed by atoms with van der Waals surface area (Å²) in [7, 11) is -2.35. The van der Waals surface area contributed by atoms with E-state index in [1.807, 2.05) is 36.4 Å². The molecule has 0 spiro atoms. The first-order chi connectivity index (χ1) is 19.4. The van der Waals surface area contributed by atoms with E-state index in [1.165, 1.54) is 12.1 Å². The summed E-state index contributed by atoms with van der Waals surface area (Å²) in [6, 6.07) is 19.4. The number of nitrogens with one attached hydrogen (secondary N) is 1. The quantitative estimate of drug-likeness (QED) is 0.315. The van der Waals surface area contributed by atoms with E-state index < -0.39 is 16.8 Å². The molecule has 0 aliphatic carbocycles. The van der Waals surface area contributed by atoms with E-state index in [2.05, 4.69) is 16.5 Å². The molecule has 0 unspecified atom stereocenters. The fraction of sp³-hybridized carbons (Fsp3) is 0.367. The molecule has 0 radical (unpaired) electrons. The maximum Gasteiger partial charge on any atom is 0.261 e. The average molecular weight is 568 g/mol. The van der Waals surface area contributed by atoms with Gasteiger partial charge >= 0.3 is 0 Å². The van der Waals surface area contributed by atoms with Gasteiger partial charge in [0.15, 0.2) is 0 Å². The summed E-state index contributed by atoms with van der Waals surface area (Å²) in [4.78, 5) is 17.2. The maximum atomic E-state index is 13.4. The number of aliphatic hydroxyl groups excluding tert-OH is 1. The zero-order valence-electron chi connectivity index (χ0n) is 23.0. The maximum absolute atomic E-state index is 13.4. The second-order valence-corrected chi connectivity index (χ2v) is 11.3. The van der Waals surface area contributed by atoms with Gasteiger partial charge in [0, 0.05) is 37.3 Å². The number of anilines is 2. The third-order valence-corrected chi connectivity index (χ3v) is 8.33. The number of hydrogen-bond donors (Lipinski definition) is 2. The van der Waals surface area contributed by atoms with Crippen LogP contribution in [0.4, 0.5) is 11.4 Å². The Labute approximate surface area is 236 Å². The highest BCUT2D eigenvalue weighted by Gasteiger charge is 2.25. The Morgan fingerprint density at radius 1 is 1.00 bits per heavy atom. The van der Waals surface area contributed by atoms with Crippen molar-refractivity contribution in [2.45, 2.75) is 37.7 Å². The van der Waals surface area contributed by atoms with Crippen LogP contribution in [0.1, 0.15) is 41.3 Å². The molecule has 10 heteroatoms. The fourth-order valence-electron chi connectivity index (χ4n) is 4.78. The molecule has 1 amide bonds. The third-order valence-electron chi connectivity index (χ3n) is 6.97. The minimum Gasteiger partial charge on any atom is -0.495 e. The van der Waals surface area contributed by atoms with E-state index in [9.17, 15) is 13.2 Å². The first kappa shape index (κ1) is 29.4. The van der Waals surface area contributed by atoms with Crippen molar-refractivity contribution < 1.29 is 27.8 Å². The van der Waals surface area contributed by atoms with Gasteiger partial charge in [-0.3, -0.25) is 9.52 Å². The van der Waals surface area contributed by atoms with E-state index in [0.717, 1.165) is 36.3 Å². The van der Waals surface area contributed by atoms with Crippen LogP contribution in [0.2, 0.25) is 0 Å². The molecule has 9 nitrogen and oxygen atoms in total. The highest BCUT2D eigenvalue weighted by Crippen LogP contribution is 2.29. The predicted molar refractivity (Wildman–Crippen MR) is 155 cm³/mol. The van der Waals surface area contributed by atoms with Crippen molar-refractivity contribution in [3.63, 3.8) is 0 Å². The van der Waals surface area contributed by atoms with Crippen molar-refractivity contribution in [1.82, 2.24) is 4.90 Å². The first-order valence-corrected chi connectivity index (χ1v) is 14.9. The van der Waals surface area contributed by atoms with Gasteiger partial charge in [-0.1, -0.05) is 43.7 Å². The number of aliphatic hydroxyl groups is 1. The van der Waals surface area contributed by atoms with Crippen molar-refractivity contribution in [2.75, 3.05) is 49.7 Å². The number of para-hydroxylation sites is 2. The van der Waals surface area contributed by atoms with Gasteiger partial charge in [-0.2, -0.15) is 0 Å². The number of hydrogen-bond acceptors (Lipinski definition) is 7. The van der Waals surface area contributed by atoms with Crippen LogP contribution in [0.15, 0.2) is 71.6 Å². The molecule has 0 atom stereocenters. The molecule has 0 bridgehead atoms. The minimum absolute atomic E-state index is 0.00454. The fourth-order valence-corrected chi connectivity index (χ4v) is 5.93. The molecular formula is C30H37N3O6S. The number of nitrogens with zero attached hydrogens (tertiary/aromatic N) is 2. The van der Waals surface area contributed by atoms with Gasteiger partial charge in [0.25, 0.3) is 15.9 Å². The molecule has 40 heavy (non-hydrogen) atoms. The summed E-state index contributed by atoms with van der Waals surface area (Å²) in [5.74, 6) is 0.573. The minimum atomic E-state index is -3.99. The second kappa shape index (κ2) is 13.6. The highest BCUT2D eigenvalue weighted by molar-refractivity contribution is 7.92. The standard InChI is InChI=1S/C30H37N3O6S/c1-3-4-8-23-13-14-27(25(19-23)21-39-22-34)31-40(36,37)26-10-7-9-24(20-26)30(35)33-17-15-32(16-18-33)28-11-5-6-12-29(28)38-2/h5-7,9-14,19-20,31,34H,3-4,8,15-18,21-22H2,1-2H3. The normalized spacial score (nSPS) is 13.8. The van der Waals surface area contributed by atoms with E-state index >= 15 is 0 Å². The number of sulfonamides is 1. The number of rotatable bonds is 12. The largest absolute Gasteiger partial charge is 0.495 e. The van der Waals surface area contributed by atoms with Crippen molar-refractivity contribution in [1.29, 1.82) is 0 Å². The third kappa shape index (κ3) is 7.12. The Morgan fingerprint density at radius 2 is 1.77 bits per heavy atom. The van der Waals surface area contributed by atoms with Crippen molar-refractivity contribution >= 4 is 27.3 Å². The Bertz CT molecular complexity index is 1400. The molecule has 3 aromatic rings. The van der Waals surface area contributed by atoms with Gasteiger partial charge < -0.3 is 24.4 Å². The number of methoxy groups -OCH3 is 1. The smallest absolute Gasteiger partial charge is 0.261 e. The van der Waals surface area contributed by atoms with Crippen molar-refractivity contribution in [3.05, 3.63) is 83.4 Å². The molecule has 1 heterocycles. The molecule has 4 rings (SSSR count). The Morgan fingerprint density at radius 3 is 2.50 bits per heavy atom. The van der Waals surface area contributed by atoms with E-state index in [4.69, 9.17) is 14.6 Å². The summed E-state index contributed by atoms with van der Waals surface area (Å²) in [6.07, 6.45) is 2.93. The van der Waals surface area contributed by atoms with Crippen LogP contribution in [0.25, 0.3) is 0 Å². The Balaban J connectivity index is 1.47. The van der Waals surface area contributed by atoms with Crippen LogP contribution in [0.3, 0.4) is 0 Å². The molecular weight excluding hydrogens is 530 g/mol. The molecule has 3 aromatic carbocycles. The van der Waals surface area contributed by atoms with Crippen molar-refractivity contribution in [2.24, 2.45) is 0 Å². The summed E-state index contributed by atoms with van der Waals surface area (Å²) in [6.45, 7) is 3.99. The molecule has 0 saturated carbocycles. The van der Waals surface area contributed by atoms with E-state index in [-0.39, 0.29) is 17.4 Å². The van der Waals surface area contributed by atoms with Crippen LogP contribution < -0.4 is 14.4 Å². The Kier molecular flexibility index (Phi) is 10.0. The molecule has 1 saturated heterocycles. The lowest BCUT2D eigenvalue weighted by Gasteiger charge is -2.36. The summed E-state index contributed by atoms with van der Waals surface area (Å²) in [5.41, 5.74) is 3.37. The number of ether oxygens (including phenoxy) is 2. The Hall–Kier alpha value is -3.60. The molecule has 1 aliphatic heterocycles. The number of piperazine rings is 1. The molecule has 0 aromatic heterocycles. The molecule has 1 aliphatic rings. The lowest BCUT2D eigenvalue weighted by atomic mass is 10.0. The predicted octanol–water partition coefficient (Wildman–Crippen LogP) is 4.27. The average Bonchev–Trinajstić information content (AvgIpc) is 2.99. The number of benzene rings is 3. The van der Waals surface area contributed by atoms with E-state index in [0.29, 0.717) is 43.0 Å². The lowest BCUT2D eigenvalue weighted by Crippen LogP contribution is -2.48. The van der Waals surface area contributed by atoms with Crippen molar-refractivity contribution in [3.8, 4) is 5.75 Å². The summed E-state index contributed by atoms with van der Waals surface area (Å²) >= 11 is 0. The SMILES string of the molecule is CCCCc1ccc(NS(=O)(=O)c2cccc(C(=O)N3CCN(c4ccccc4OC)CC3)c2)c(COCO)c1. The van der Waals surface area contributed by atoms with Gasteiger partial charge in [-0.25, -0.2) is 8.42 Å². The van der Waals surface area contributed by atoms with Crippen LogP contribution in [0.5, 0.6) is 5.75 Å². The number of carbonyl (C=O) groups excluding carboxylic acids is 1. The zero-order chi connectivity index (χ0) is 28.5. The monoisotopic (exact) mass is 567 g/mol. The number of carbonyl (C=O) groups is 1. The zero-order valence-corrected chi connectivity index (χ0v) is 23.8. The molecule has 2 N–H and O–H groups in total. The number of aryl methyl sites for hydroxylation is 1. The topological polar surface area (TPSA) is 108 Å². The van der Waals surface area contributed by atoms with Gasteiger partial charge in [-0.15, -0.1) is 0 Å². The van der Waals surface area contributed by atoms with Gasteiger partial charge in [-0.05, 0) is 54.8 Å². The van der Waals surface area contributed by atoms with E-state index in [1.54, 1.807) is 30.2 Å². The second-order valence-electron chi connectivity index (χ2n) is 9.66. The first-order valence-electron chi connectivity index (χ1n) is 13.5.